The standard InChI is InChI=1S/C20H25FN2O2/c1-22(15-17-7-4-3-5-8-17)16-20(24)23(2)13-6-14-25-19-11-9-18(21)10-12-19/h3-5,7-12H,6,13-16H2,1-2H3. The highest BCUT2D eigenvalue weighted by atomic mass is 19.1. The molecule has 2 aromatic carbocycles. The summed E-state index contributed by atoms with van der Waals surface area (Å²) in [5.41, 5.74) is 1.19. The molecule has 25 heavy (non-hydrogen) atoms. The van der Waals surface area contributed by atoms with Crippen LogP contribution in [0.3, 0.4) is 0 Å². The van der Waals surface area contributed by atoms with Crippen LogP contribution in [0.25, 0.3) is 0 Å². The van der Waals surface area contributed by atoms with Crippen molar-refractivity contribution in [2.45, 2.75) is 13.0 Å². The lowest BCUT2D eigenvalue weighted by Gasteiger charge is -2.22. The first-order valence-corrected chi connectivity index (χ1v) is 8.39. The van der Waals surface area contributed by atoms with E-state index in [9.17, 15) is 9.18 Å². The lowest BCUT2D eigenvalue weighted by Crippen LogP contribution is -2.37. The third-order valence-corrected chi connectivity index (χ3v) is 3.85. The van der Waals surface area contributed by atoms with E-state index in [-0.39, 0.29) is 11.7 Å². The molecule has 0 N–H and O–H groups in total. The van der Waals surface area contributed by atoms with Crippen molar-refractivity contribution in [1.29, 1.82) is 0 Å². The van der Waals surface area contributed by atoms with E-state index in [1.807, 2.05) is 30.1 Å². The lowest BCUT2D eigenvalue weighted by atomic mass is 10.2. The normalized spacial score (nSPS) is 10.7. The quantitative estimate of drug-likeness (QED) is 0.655. The van der Waals surface area contributed by atoms with Crippen molar-refractivity contribution in [2.75, 3.05) is 33.8 Å². The molecule has 0 aliphatic rings. The van der Waals surface area contributed by atoms with Gasteiger partial charge < -0.3 is 9.64 Å². The monoisotopic (exact) mass is 344 g/mol. The van der Waals surface area contributed by atoms with Crippen molar-refractivity contribution < 1.29 is 13.9 Å². The number of amides is 1. The second-order valence-electron chi connectivity index (χ2n) is 6.13. The van der Waals surface area contributed by atoms with Gasteiger partial charge in [-0.3, -0.25) is 9.69 Å². The largest absolute Gasteiger partial charge is 0.494 e. The van der Waals surface area contributed by atoms with Crippen LogP contribution in [-0.4, -0.2) is 49.5 Å². The van der Waals surface area contributed by atoms with Crippen LogP contribution in [0.4, 0.5) is 4.39 Å². The molecule has 0 saturated carbocycles. The van der Waals surface area contributed by atoms with Crippen molar-refractivity contribution in [3.05, 3.63) is 66.0 Å². The minimum absolute atomic E-state index is 0.0835. The van der Waals surface area contributed by atoms with Gasteiger partial charge in [0.05, 0.1) is 13.2 Å². The maximum absolute atomic E-state index is 12.8. The van der Waals surface area contributed by atoms with Gasteiger partial charge in [0.25, 0.3) is 0 Å². The fourth-order valence-electron chi connectivity index (χ4n) is 2.45. The number of benzene rings is 2. The van der Waals surface area contributed by atoms with E-state index in [2.05, 4.69) is 12.1 Å². The zero-order valence-electron chi connectivity index (χ0n) is 14.8. The zero-order chi connectivity index (χ0) is 18.1. The van der Waals surface area contributed by atoms with Gasteiger partial charge in [0.2, 0.25) is 5.91 Å². The van der Waals surface area contributed by atoms with Gasteiger partial charge in [-0.15, -0.1) is 0 Å². The van der Waals surface area contributed by atoms with E-state index < -0.39 is 0 Å². The summed E-state index contributed by atoms with van der Waals surface area (Å²) < 4.78 is 18.3. The summed E-state index contributed by atoms with van der Waals surface area (Å²) in [5.74, 6) is 0.440. The first-order chi connectivity index (χ1) is 12.0. The SMILES string of the molecule is CN(CC(=O)N(C)CCCOc1ccc(F)cc1)Cc1ccccc1. The van der Waals surface area contributed by atoms with E-state index in [0.29, 0.717) is 25.4 Å². The molecule has 0 aromatic heterocycles. The highest BCUT2D eigenvalue weighted by Crippen LogP contribution is 2.11. The van der Waals surface area contributed by atoms with Gasteiger partial charge in [-0.05, 0) is 43.3 Å². The first-order valence-electron chi connectivity index (χ1n) is 8.39. The van der Waals surface area contributed by atoms with E-state index in [1.165, 1.54) is 17.7 Å². The van der Waals surface area contributed by atoms with Crippen LogP contribution in [0.2, 0.25) is 0 Å². The number of ether oxygens (including phenoxy) is 1. The number of hydrogen-bond donors (Lipinski definition) is 0. The zero-order valence-corrected chi connectivity index (χ0v) is 14.8. The molecule has 0 aliphatic carbocycles. The van der Waals surface area contributed by atoms with E-state index in [4.69, 9.17) is 4.74 Å². The molecule has 1 amide bonds. The molecule has 0 unspecified atom stereocenters. The first kappa shape index (κ1) is 18.9. The van der Waals surface area contributed by atoms with Crippen LogP contribution in [0.1, 0.15) is 12.0 Å². The molecule has 134 valence electrons. The number of halogens is 1. The smallest absolute Gasteiger partial charge is 0.236 e. The summed E-state index contributed by atoms with van der Waals surface area (Å²) in [6, 6.07) is 16.0. The van der Waals surface area contributed by atoms with Gasteiger partial charge in [0, 0.05) is 20.1 Å². The Hall–Kier alpha value is -2.40. The second kappa shape index (κ2) is 9.79. The fourth-order valence-corrected chi connectivity index (χ4v) is 2.45. The van der Waals surface area contributed by atoms with Crippen molar-refractivity contribution in [3.63, 3.8) is 0 Å². The number of carbonyl (C=O) groups excluding carboxylic acids is 1. The summed E-state index contributed by atoms with van der Waals surface area (Å²) in [4.78, 5) is 16.0. The Bertz CT molecular complexity index is 647. The summed E-state index contributed by atoms with van der Waals surface area (Å²) >= 11 is 0. The Balaban J connectivity index is 1.65. The molecular weight excluding hydrogens is 319 g/mol. The third kappa shape index (κ3) is 6.93. The fraction of sp³-hybridized carbons (Fsp3) is 0.350. The van der Waals surface area contributed by atoms with Crippen molar-refractivity contribution >= 4 is 5.91 Å². The van der Waals surface area contributed by atoms with E-state index in [1.54, 1.807) is 24.1 Å². The van der Waals surface area contributed by atoms with Crippen molar-refractivity contribution in [1.82, 2.24) is 9.80 Å². The van der Waals surface area contributed by atoms with Crippen molar-refractivity contribution in [3.8, 4) is 5.75 Å². The van der Waals surface area contributed by atoms with Gasteiger partial charge >= 0.3 is 0 Å². The van der Waals surface area contributed by atoms with E-state index >= 15 is 0 Å². The van der Waals surface area contributed by atoms with Crippen LogP contribution in [0.15, 0.2) is 54.6 Å². The number of likely N-dealkylation sites (N-methyl/N-ethyl adjacent to an activating group) is 2. The van der Waals surface area contributed by atoms with Gasteiger partial charge in [0.1, 0.15) is 11.6 Å². The maximum Gasteiger partial charge on any atom is 0.236 e. The van der Waals surface area contributed by atoms with Crippen LogP contribution in [-0.2, 0) is 11.3 Å². The number of rotatable bonds is 9. The Morgan fingerprint density at radius 2 is 1.72 bits per heavy atom. The topological polar surface area (TPSA) is 32.8 Å². The van der Waals surface area contributed by atoms with Crippen LogP contribution in [0, 0.1) is 5.82 Å². The van der Waals surface area contributed by atoms with E-state index in [0.717, 1.165) is 13.0 Å². The number of carbonyl (C=O) groups is 1. The Morgan fingerprint density at radius 3 is 2.40 bits per heavy atom. The molecule has 0 saturated heterocycles. The third-order valence-electron chi connectivity index (χ3n) is 3.85. The van der Waals surface area contributed by atoms with Gasteiger partial charge in [0.15, 0.2) is 0 Å². The summed E-state index contributed by atoms with van der Waals surface area (Å²) in [6.07, 6.45) is 0.724. The Kier molecular flexibility index (Phi) is 7.41. The molecule has 0 radical (unpaired) electrons. The maximum atomic E-state index is 12.8. The second-order valence-corrected chi connectivity index (χ2v) is 6.13. The van der Waals surface area contributed by atoms with Gasteiger partial charge in [-0.1, -0.05) is 30.3 Å². The highest BCUT2D eigenvalue weighted by Gasteiger charge is 2.11. The number of nitrogens with zero attached hydrogens (tertiary/aromatic N) is 2. The van der Waals surface area contributed by atoms with Crippen LogP contribution >= 0.6 is 0 Å². The van der Waals surface area contributed by atoms with Crippen LogP contribution < -0.4 is 4.74 Å². The minimum Gasteiger partial charge on any atom is -0.494 e. The molecule has 0 atom stereocenters. The summed E-state index contributed by atoms with van der Waals surface area (Å²) in [7, 11) is 3.74. The molecule has 0 aliphatic heterocycles. The molecule has 0 fully saturated rings. The molecule has 2 rings (SSSR count). The molecule has 5 heteroatoms. The number of hydrogen-bond acceptors (Lipinski definition) is 3. The Labute approximate surface area is 148 Å². The molecule has 0 heterocycles. The van der Waals surface area contributed by atoms with Crippen molar-refractivity contribution in [2.24, 2.45) is 0 Å². The highest BCUT2D eigenvalue weighted by molar-refractivity contribution is 5.77. The molecule has 0 bridgehead atoms. The molecule has 2 aromatic rings. The molecular formula is C20H25FN2O2. The Morgan fingerprint density at radius 1 is 1.04 bits per heavy atom. The van der Waals surface area contributed by atoms with Gasteiger partial charge in [-0.2, -0.15) is 0 Å². The average molecular weight is 344 g/mol. The molecule has 0 spiro atoms. The van der Waals surface area contributed by atoms with Gasteiger partial charge in [-0.25, -0.2) is 4.39 Å². The average Bonchev–Trinajstić information content (AvgIpc) is 2.60. The molecule has 4 nitrogen and oxygen atoms in total. The predicted molar refractivity (Wildman–Crippen MR) is 96.9 cm³/mol. The summed E-state index contributed by atoms with van der Waals surface area (Å²) in [5, 5.41) is 0. The predicted octanol–water partition coefficient (Wildman–Crippen LogP) is 3.19. The lowest BCUT2D eigenvalue weighted by molar-refractivity contribution is -0.131. The van der Waals surface area contributed by atoms with Crippen LogP contribution in [0.5, 0.6) is 5.75 Å². The minimum atomic E-state index is -0.280. The summed E-state index contributed by atoms with van der Waals surface area (Å²) in [6.45, 7) is 2.24.